The number of methoxy groups -OCH3 is 3. The van der Waals surface area contributed by atoms with Crippen LogP contribution in [0.3, 0.4) is 0 Å². The van der Waals surface area contributed by atoms with E-state index in [0.29, 0.717) is 27.1 Å². The number of benzene rings is 2. The van der Waals surface area contributed by atoms with E-state index in [9.17, 15) is 14.7 Å². The summed E-state index contributed by atoms with van der Waals surface area (Å²) in [7, 11) is 4.34. The van der Waals surface area contributed by atoms with Crippen LogP contribution in [0, 0.1) is 0 Å². The van der Waals surface area contributed by atoms with Gasteiger partial charge in [-0.1, -0.05) is 12.1 Å². The second-order valence-electron chi connectivity index (χ2n) is 5.75. The van der Waals surface area contributed by atoms with Gasteiger partial charge in [0, 0.05) is 6.07 Å². The van der Waals surface area contributed by atoms with Gasteiger partial charge >= 0.3 is 5.97 Å². The van der Waals surface area contributed by atoms with Gasteiger partial charge in [-0.15, -0.1) is 0 Å². The summed E-state index contributed by atoms with van der Waals surface area (Å²) in [5, 5.41) is 12.7. The Labute approximate surface area is 171 Å². The first kappa shape index (κ1) is 20.3. The molecule has 0 atom stereocenters. The van der Waals surface area contributed by atoms with E-state index in [1.807, 2.05) is 0 Å². The van der Waals surface area contributed by atoms with Crippen molar-refractivity contribution in [2.45, 2.75) is 0 Å². The fourth-order valence-corrected chi connectivity index (χ4v) is 3.53. The standard InChI is InChI=1S/C20H18N2O6S/c1-26-13-6-4-5-12(10-13)21-20-22-18(23)15(29-20)9-11-7-8-14(27-2)17(28-3)16(11)19(24)25/h4-10H,1-3H3,(H,24,25)(H,21,22,23)/b15-9+. The SMILES string of the molecule is COc1cccc(N=C2NC(=O)/C(=C\c3ccc(OC)c(OC)c3C(=O)O)S2)c1. The fourth-order valence-electron chi connectivity index (χ4n) is 2.70. The minimum atomic E-state index is -1.19. The molecule has 0 unspecified atom stereocenters. The maximum absolute atomic E-state index is 12.4. The zero-order valence-corrected chi connectivity index (χ0v) is 16.7. The summed E-state index contributed by atoms with van der Waals surface area (Å²) in [6, 6.07) is 10.2. The first-order chi connectivity index (χ1) is 14.0. The third-order valence-corrected chi connectivity index (χ3v) is 4.92. The van der Waals surface area contributed by atoms with Gasteiger partial charge in [-0.05, 0) is 41.6 Å². The van der Waals surface area contributed by atoms with Crippen LogP contribution in [0.5, 0.6) is 17.2 Å². The van der Waals surface area contributed by atoms with Crippen molar-refractivity contribution in [1.29, 1.82) is 0 Å². The van der Waals surface area contributed by atoms with Crippen LogP contribution in [-0.4, -0.2) is 43.5 Å². The van der Waals surface area contributed by atoms with Gasteiger partial charge in [0.2, 0.25) is 0 Å². The number of nitrogens with one attached hydrogen (secondary N) is 1. The van der Waals surface area contributed by atoms with Gasteiger partial charge in [0.25, 0.3) is 5.91 Å². The van der Waals surface area contributed by atoms with Crippen LogP contribution >= 0.6 is 11.8 Å². The Morgan fingerprint density at radius 3 is 2.59 bits per heavy atom. The molecule has 1 aliphatic rings. The Morgan fingerprint density at radius 1 is 1.14 bits per heavy atom. The summed E-state index contributed by atoms with van der Waals surface area (Å²) in [5.41, 5.74) is 0.840. The summed E-state index contributed by atoms with van der Waals surface area (Å²) in [6.45, 7) is 0. The Bertz CT molecular complexity index is 1030. The third kappa shape index (κ3) is 4.35. The maximum Gasteiger partial charge on any atom is 0.340 e. The van der Waals surface area contributed by atoms with Crippen molar-refractivity contribution >= 4 is 40.6 Å². The number of hydrogen-bond donors (Lipinski definition) is 2. The number of thioether (sulfide) groups is 1. The Kier molecular flexibility index (Phi) is 6.08. The lowest BCUT2D eigenvalue weighted by Crippen LogP contribution is -2.19. The van der Waals surface area contributed by atoms with Crippen molar-refractivity contribution in [3.63, 3.8) is 0 Å². The predicted octanol–water partition coefficient (Wildman–Crippen LogP) is 3.30. The number of amides is 1. The number of amidine groups is 1. The molecule has 1 aliphatic heterocycles. The van der Waals surface area contributed by atoms with E-state index in [0.717, 1.165) is 11.8 Å². The molecule has 0 radical (unpaired) electrons. The second kappa shape index (κ2) is 8.70. The van der Waals surface area contributed by atoms with E-state index in [2.05, 4.69) is 10.3 Å². The number of aliphatic imine (C=N–C) groups is 1. The van der Waals surface area contributed by atoms with Crippen molar-refractivity contribution in [1.82, 2.24) is 5.32 Å². The number of rotatable bonds is 6. The predicted molar refractivity (Wildman–Crippen MR) is 110 cm³/mol. The Balaban J connectivity index is 1.96. The first-order valence-corrected chi connectivity index (χ1v) is 9.20. The Hall–Kier alpha value is -3.46. The quantitative estimate of drug-likeness (QED) is 0.699. The molecule has 29 heavy (non-hydrogen) atoms. The number of carboxylic acid groups (broad SMARTS) is 1. The van der Waals surface area contributed by atoms with Crippen molar-refractivity contribution in [2.24, 2.45) is 4.99 Å². The highest BCUT2D eigenvalue weighted by atomic mass is 32.2. The molecular formula is C20H18N2O6S. The van der Waals surface area contributed by atoms with Gasteiger partial charge in [-0.3, -0.25) is 4.79 Å². The number of nitrogens with zero attached hydrogens (tertiary/aromatic N) is 1. The highest BCUT2D eigenvalue weighted by Crippen LogP contribution is 2.36. The molecule has 3 rings (SSSR count). The molecule has 8 nitrogen and oxygen atoms in total. The maximum atomic E-state index is 12.4. The molecule has 2 N–H and O–H groups in total. The summed E-state index contributed by atoms with van der Waals surface area (Å²) in [6.07, 6.45) is 1.49. The summed E-state index contributed by atoms with van der Waals surface area (Å²) in [4.78, 5) is 28.8. The molecule has 1 heterocycles. The number of carboxylic acids is 1. The third-order valence-electron chi connectivity index (χ3n) is 4.01. The zero-order chi connectivity index (χ0) is 21.0. The van der Waals surface area contributed by atoms with Crippen LogP contribution in [0.1, 0.15) is 15.9 Å². The summed E-state index contributed by atoms with van der Waals surface area (Å²) < 4.78 is 15.5. The lowest BCUT2D eigenvalue weighted by molar-refractivity contribution is -0.115. The van der Waals surface area contributed by atoms with Gasteiger partial charge in [0.05, 0.1) is 31.9 Å². The smallest absolute Gasteiger partial charge is 0.340 e. The normalized spacial score (nSPS) is 16.0. The molecule has 0 bridgehead atoms. The average molecular weight is 414 g/mol. The highest BCUT2D eigenvalue weighted by molar-refractivity contribution is 8.18. The number of hydrogen-bond acceptors (Lipinski definition) is 7. The first-order valence-electron chi connectivity index (χ1n) is 8.38. The van der Waals surface area contributed by atoms with Crippen LogP contribution in [0.2, 0.25) is 0 Å². The van der Waals surface area contributed by atoms with Gasteiger partial charge in [-0.2, -0.15) is 0 Å². The molecule has 9 heteroatoms. The highest BCUT2D eigenvalue weighted by Gasteiger charge is 2.26. The lowest BCUT2D eigenvalue weighted by atomic mass is 10.0. The number of carbonyl (C=O) groups is 2. The van der Waals surface area contributed by atoms with Crippen molar-refractivity contribution in [2.75, 3.05) is 21.3 Å². The van der Waals surface area contributed by atoms with Gasteiger partial charge in [0.1, 0.15) is 11.3 Å². The summed E-state index contributed by atoms with van der Waals surface area (Å²) in [5.74, 6) is -0.545. The lowest BCUT2D eigenvalue weighted by Gasteiger charge is -2.12. The number of aromatic carboxylic acids is 1. The molecule has 1 amide bonds. The van der Waals surface area contributed by atoms with E-state index >= 15 is 0 Å². The molecular weight excluding hydrogens is 396 g/mol. The van der Waals surface area contributed by atoms with Gasteiger partial charge in [0.15, 0.2) is 16.7 Å². The number of ether oxygens (including phenoxy) is 3. The molecule has 0 aliphatic carbocycles. The van der Waals surface area contributed by atoms with E-state index in [1.165, 1.54) is 20.3 Å². The van der Waals surface area contributed by atoms with Crippen molar-refractivity contribution < 1.29 is 28.9 Å². The molecule has 2 aromatic rings. The monoisotopic (exact) mass is 414 g/mol. The number of carbonyl (C=O) groups excluding carboxylic acids is 1. The summed E-state index contributed by atoms with van der Waals surface area (Å²) >= 11 is 1.11. The molecule has 1 fully saturated rings. The Morgan fingerprint density at radius 2 is 1.93 bits per heavy atom. The molecule has 0 aromatic heterocycles. The van der Waals surface area contributed by atoms with E-state index in [4.69, 9.17) is 14.2 Å². The van der Waals surface area contributed by atoms with E-state index in [-0.39, 0.29) is 23.0 Å². The van der Waals surface area contributed by atoms with Gasteiger partial charge in [-0.25, -0.2) is 9.79 Å². The second-order valence-corrected chi connectivity index (χ2v) is 6.78. The van der Waals surface area contributed by atoms with Crippen molar-refractivity contribution in [3.8, 4) is 17.2 Å². The molecule has 2 aromatic carbocycles. The topological polar surface area (TPSA) is 106 Å². The zero-order valence-electron chi connectivity index (χ0n) is 15.9. The minimum Gasteiger partial charge on any atom is -0.497 e. The van der Waals surface area contributed by atoms with Crippen molar-refractivity contribution in [3.05, 3.63) is 52.4 Å². The molecule has 150 valence electrons. The van der Waals surface area contributed by atoms with Crippen LogP contribution < -0.4 is 19.5 Å². The van der Waals surface area contributed by atoms with Crippen LogP contribution in [0.25, 0.3) is 6.08 Å². The van der Waals surface area contributed by atoms with Crippen LogP contribution in [-0.2, 0) is 4.79 Å². The van der Waals surface area contributed by atoms with Gasteiger partial charge < -0.3 is 24.6 Å². The van der Waals surface area contributed by atoms with E-state index in [1.54, 1.807) is 43.5 Å². The fraction of sp³-hybridized carbons (Fsp3) is 0.150. The minimum absolute atomic E-state index is 0.0861. The van der Waals surface area contributed by atoms with Crippen LogP contribution in [0.15, 0.2) is 46.3 Å². The molecule has 0 spiro atoms. The largest absolute Gasteiger partial charge is 0.497 e. The average Bonchev–Trinajstić information content (AvgIpc) is 3.05. The van der Waals surface area contributed by atoms with E-state index < -0.39 is 5.97 Å². The molecule has 1 saturated heterocycles. The molecule has 0 saturated carbocycles. The van der Waals surface area contributed by atoms with Crippen LogP contribution in [0.4, 0.5) is 5.69 Å².